The molecule has 0 spiro atoms. The van der Waals surface area contributed by atoms with E-state index in [2.05, 4.69) is 5.32 Å². The van der Waals surface area contributed by atoms with Crippen LogP contribution in [0, 0.1) is 0 Å². The highest BCUT2D eigenvalue weighted by molar-refractivity contribution is 5.27. The molecule has 14 heavy (non-hydrogen) atoms. The van der Waals surface area contributed by atoms with Gasteiger partial charge in [0, 0.05) is 22.2 Å². The monoisotopic (exact) mass is 202 g/mol. The molecule has 0 radical (unpaired) electrons. The molecule has 1 rings (SSSR count). The molecule has 3 nitrogen and oxygen atoms in total. The second-order valence-corrected chi connectivity index (χ2v) is 2.86. The minimum absolute atomic E-state index is 0.00118. The zero-order valence-electron chi connectivity index (χ0n) is 14.5. The lowest BCUT2D eigenvalue weighted by molar-refractivity contribution is 0.171. The second-order valence-electron chi connectivity index (χ2n) is 2.86. The number of hydrogen-bond acceptors (Lipinski definition) is 3. The van der Waals surface area contributed by atoms with Crippen LogP contribution in [0.25, 0.3) is 0 Å². The predicted octanol–water partition coefficient (Wildman–Crippen LogP) is 1.42. The van der Waals surface area contributed by atoms with Gasteiger partial charge in [-0.3, -0.25) is 0 Å². The van der Waals surface area contributed by atoms with Gasteiger partial charge in [0.15, 0.2) is 0 Å². The lowest BCUT2D eigenvalue weighted by Gasteiger charge is -2.14. The Balaban J connectivity index is 2.85. The maximum Gasteiger partial charge on any atom is 0.115 e. The third-order valence-electron chi connectivity index (χ3n) is 1.75. The summed E-state index contributed by atoms with van der Waals surface area (Å²) in [5.74, 6) is -0.00118. The summed E-state index contributed by atoms with van der Waals surface area (Å²) in [6, 6.07) is 2.62. The fourth-order valence-electron chi connectivity index (χ4n) is 1.01. The first-order valence-corrected chi connectivity index (χ1v) is 4.10. The van der Waals surface area contributed by atoms with E-state index in [1.807, 2.05) is 0 Å². The van der Waals surface area contributed by atoms with E-state index >= 15 is 0 Å². The summed E-state index contributed by atoms with van der Waals surface area (Å²) in [5, 5.41) is 21.2. The van der Waals surface area contributed by atoms with E-state index in [9.17, 15) is 5.11 Å². The normalized spacial score (nSPS) is 23.1. The van der Waals surface area contributed by atoms with Crippen molar-refractivity contribution >= 4 is 0 Å². The fourth-order valence-corrected chi connectivity index (χ4v) is 1.01. The first-order chi connectivity index (χ1) is 9.38. The number of nitrogens with one attached hydrogen (secondary N) is 1. The van der Waals surface area contributed by atoms with Crippen LogP contribution in [0.15, 0.2) is 24.3 Å². The summed E-state index contributed by atoms with van der Waals surface area (Å²) < 4.78 is 51.1. The van der Waals surface area contributed by atoms with Crippen LogP contribution in [-0.2, 0) is 0 Å². The molecule has 3 N–H and O–H groups in total. The zero-order chi connectivity index (χ0) is 16.5. The van der Waals surface area contributed by atoms with Gasteiger partial charge in [0.1, 0.15) is 5.75 Å². The predicted molar refractivity (Wildman–Crippen MR) is 56.2 cm³/mol. The quantitative estimate of drug-likeness (QED) is 0.692. The number of aromatic hydroxyl groups is 1. The Morgan fingerprint density at radius 2 is 2.07 bits per heavy atom. The molecule has 0 aliphatic carbocycles. The summed E-state index contributed by atoms with van der Waals surface area (Å²) >= 11 is 0. The van der Waals surface area contributed by atoms with E-state index in [-0.39, 0.29) is 5.75 Å². The van der Waals surface area contributed by atoms with Crippen molar-refractivity contribution in [2.75, 3.05) is 6.54 Å². The lowest BCUT2D eigenvalue weighted by atomic mass is 10.1. The van der Waals surface area contributed by atoms with Gasteiger partial charge in [-0.1, -0.05) is 25.8 Å². The number of rotatable bonds is 4. The van der Waals surface area contributed by atoms with E-state index in [0.717, 1.165) is 0 Å². The average molecular weight is 202 g/mol. The van der Waals surface area contributed by atoms with Crippen LogP contribution < -0.4 is 5.32 Å². The fraction of sp³-hybridized carbons (Fsp3) is 0.455. The Morgan fingerprint density at radius 1 is 1.43 bits per heavy atom. The molecule has 0 saturated carbocycles. The van der Waals surface area contributed by atoms with Crippen LogP contribution in [0.2, 0.25) is 0 Å². The van der Waals surface area contributed by atoms with Gasteiger partial charge in [-0.25, -0.2) is 0 Å². The molecule has 1 aromatic rings. The topological polar surface area (TPSA) is 52.5 Å². The highest BCUT2D eigenvalue weighted by Gasteiger charge is 2.07. The van der Waals surface area contributed by atoms with Gasteiger partial charge in [-0.05, 0) is 17.7 Å². The van der Waals surface area contributed by atoms with Crippen LogP contribution in [-0.4, -0.2) is 22.8 Å². The molecule has 0 aromatic heterocycles. The van der Waals surface area contributed by atoms with E-state index in [1.54, 1.807) is 0 Å². The molecule has 0 amide bonds. The average Bonchev–Trinajstić information content (AvgIpc) is 2.33. The Hall–Kier alpha value is -1.06. The van der Waals surface area contributed by atoms with Crippen LogP contribution in [0.1, 0.15) is 35.0 Å². The number of benzene rings is 1. The summed E-state index contributed by atoms with van der Waals surface area (Å²) in [7, 11) is 0. The number of aliphatic hydroxyl groups excluding tert-OH is 1. The van der Waals surface area contributed by atoms with Gasteiger partial charge in [-0.15, -0.1) is 0 Å². The molecule has 1 unspecified atom stereocenters. The minimum Gasteiger partial charge on any atom is -0.508 e. The van der Waals surface area contributed by atoms with Crippen molar-refractivity contribution in [2.45, 2.75) is 25.8 Å². The van der Waals surface area contributed by atoms with Gasteiger partial charge in [0.25, 0.3) is 0 Å². The first-order valence-electron chi connectivity index (χ1n) is 7.60. The second kappa shape index (κ2) is 4.98. The number of phenols is 1. The molecule has 1 aromatic carbocycles. The van der Waals surface area contributed by atoms with Gasteiger partial charge < -0.3 is 15.5 Å². The smallest absolute Gasteiger partial charge is 0.115 e. The summed E-state index contributed by atoms with van der Waals surface area (Å²) in [5.41, 5.74) is 0.360. The van der Waals surface area contributed by atoms with Gasteiger partial charge in [0.2, 0.25) is 0 Å². The maximum atomic E-state index is 9.91. The van der Waals surface area contributed by atoms with Gasteiger partial charge >= 0.3 is 0 Å². The van der Waals surface area contributed by atoms with Crippen molar-refractivity contribution in [1.29, 1.82) is 0 Å². The third-order valence-corrected chi connectivity index (χ3v) is 1.75. The van der Waals surface area contributed by atoms with Crippen molar-refractivity contribution in [2.24, 2.45) is 0 Å². The molecule has 78 valence electrons. The molecule has 3 heteroatoms. The lowest BCUT2D eigenvalue weighted by Crippen LogP contribution is -2.27. The molecule has 0 bridgehead atoms. The zero-order valence-corrected chi connectivity index (χ0v) is 7.49. The van der Waals surface area contributed by atoms with E-state index in [1.165, 1.54) is 24.3 Å². The SMILES string of the molecule is [2H]C([2H])([2H])C([2H])(NCC(O)c1ccc(O)cc1)C([2H])([2H])[2H]. The van der Waals surface area contributed by atoms with Crippen LogP contribution in [0.5, 0.6) is 5.75 Å². The highest BCUT2D eigenvalue weighted by atomic mass is 16.3. The van der Waals surface area contributed by atoms with Crippen LogP contribution >= 0.6 is 0 Å². The molecule has 1 atom stereocenters. The summed E-state index contributed by atoms with van der Waals surface area (Å²) in [6.07, 6.45) is -1.21. The van der Waals surface area contributed by atoms with E-state index in [0.29, 0.717) is 5.56 Å². The Morgan fingerprint density at radius 3 is 2.64 bits per heavy atom. The molecular weight excluding hydrogens is 178 g/mol. The van der Waals surface area contributed by atoms with Gasteiger partial charge in [0.05, 0.1) is 6.10 Å². The standard InChI is InChI=1S/C11H17NO2/c1-8(2)12-7-11(14)9-3-5-10(13)6-4-9/h3-6,8,11-14H,7H2,1-2H3/i1D3,2D3,8D. The Kier molecular flexibility index (Phi) is 1.65. The molecule has 0 aliphatic heterocycles. The molecule has 0 heterocycles. The van der Waals surface area contributed by atoms with Crippen molar-refractivity contribution in [3.8, 4) is 5.75 Å². The minimum atomic E-state index is -3.09. The first kappa shape index (κ1) is 4.64. The maximum absolute atomic E-state index is 9.91. The highest BCUT2D eigenvalue weighted by Crippen LogP contribution is 2.15. The summed E-state index contributed by atoms with van der Waals surface area (Å²) in [4.78, 5) is 0. The van der Waals surface area contributed by atoms with E-state index < -0.39 is 32.4 Å². The van der Waals surface area contributed by atoms with Crippen LogP contribution in [0.3, 0.4) is 0 Å². The summed E-state index contributed by atoms with van der Waals surface area (Å²) in [6.45, 7) is -6.61. The largest absolute Gasteiger partial charge is 0.508 e. The molecule has 0 saturated heterocycles. The number of aliphatic hydroxyl groups is 1. The van der Waals surface area contributed by atoms with Crippen molar-refractivity contribution in [3.05, 3.63) is 29.8 Å². The van der Waals surface area contributed by atoms with Crippen molar-refractivity contribution in [3.63, 3.8) is 0 Å². The Bertz CT molecular complexity index is 455. The van der Waals surface area contributed by atoms with Crippen molar-refractivity contribution in [1.82, 2.24) is 5.32 Å². The number of hydrogen-bond donors (Lipinski definition) is 3. The van der Waals surface area contributed by atoms with Gasteiger partial charge in [-0.2, -0.15) is 0 Å². The Labute approximate surface area is 94.2 Å². The van der Waals surface area contributed by atoms with Crippen molar-refractivity contribution < 1.29 is 19.8 Å². The van der Waals surface area contributed by atoms with Crippen LogP contribution in [0.4, 0.5) is 0 Å². The van der Waals surface area contributed by atoms with E-state index in [4.69, 9.17) is 14.7 Å². The molecular formula is C11H17NO2. The molecule has 0 aliphatic rings. The third kappa shape index (κ3) is 3.36. The number of phenolic OH excluding ortho intramolecular Hbond substituents is 1. The molecule has 0 fully saturated rings.